The van der Waals surface area contributed by atoms with E-state index in [1.54, 1.807) is 39.8 Å². The number of carbonyl (C=O) groups excluding carboxylic acids is 2. The monoisotopic (exact) mass is 465 g/mol. The third-order valence-corrected chi connectivity index (χ3v) is 4.83. The number of nitrogens with zero attached hydrogens (tertiary/aromatic N) is 1. The van der Waals surface area contributed by atoms with E-state index < -0.39 is 11.9 Å². The lowest BCUT2D eigenvalue weighted by Gasteiger charge is -2.19. The van der Waals surface area contributed by atoms with Gasteiger partial charge >= 0.3 is 11.9 Å². The number of hydrogen-bond donors (Lipinski definition) is 0. The van der Waals surface area contributed by atoms with Crippen LogP contribution in [0.15, 0.2) is 16.6 Å². The van der Waals surface area contributed by atoms with E-state index in [1.165, 1.54) is 14.2 Å². The third-order valence-electron chi connectivity index (χ3n) is 4.24. The first-order valence-corrected chi connectivity index (χ1v) is 9.87. The molecule has 2 rings (SSSR count). The van der Waals surface area contributed by atoms with Gasteiger partial charge in [-0.05, 0) is 61.3 Å². The van der Waals surface area contributed by atoms with Gasteiger partial charge in [0, 0.05) is 5.56 Å². The van der Waals surface area contributed by atoms with Crippen molar-refractivity contribution < 1.29 is 28.5 Å². The Kier molecular flexibility index (Phi) is 7.61. The molecule has 0 aliphatic heterocycles. The maximum Gasteiger partial charge on any atom is 0.340 e. The lowest BCUT2D eigenvalue weighted by atomic mass is 9.92. The van der Waals surface area contributed by atoms with Crippen LogP contribution >= 0.6 is 15.9 Å². The molecule has 8 heteroatoms. The largest absolute Gasteiger partial charge is 0.493 e. The van der Waals surface area contributed by atoms with Crippen LogP contribution in [0.5, 0.6) is 11.5 Å². The lowest BCUT2D eigenvalue weighted by Crippen LogP contribution is -2.17. The Hall–Kier alpha value is -2.61. The van der Waals surface area contributed by atoms with Gasteiger partial charge in [0.25, 0.3) is 0 Å². The predicted molar refractivity (Wildman–Crippen MR) is 112 cm³/mol. The molecule has 0 spiro atoms. The van der Waals surface area contributed by atoms with Gasteiger partial charge in [0.15, 0.2) is 11.5 Å². The summed E-state index contributed by atoms with van der Waals surface area (Å²) in [7, 11) is 3.03. The highest BCUT2D eigenvalue weighted by Crippen LogP contribution is 2.42. The number of pyridine rings is 1. The summed E-state index contributed by atoms with van der Waals surface area (Å²) in [6, 6.07) is 3.45. The fourth-order valence-electron chi connectivity index (χ4n) is 3.11. The molecule has 0 saturated carbocycles. The first-order chi connectivity index (χ1) is 13.8. The highest BCUT2D eigenvalue weighted by molar-refractivity contribution is 9.10. The molecule has 7 nitrogen and oxygen atoms in total. The van der Waals surface area contributed by atoms with Crippen LogP contribution in [0, 0.1) is 13.8 Å². The van der Waals surface area contributed by atoms with Crippen LogP contribution in [0.25, 0.3) is 11.1 Å². The first-order valence-electron chi connectivity index (χ1n) is 9.07. The molecule has 0 radical (unpaired) electrons. The number of halogens is 1. The second kappa shape index (κ2) is 9.73. The molecule has 0 fully saturated rings. The van der Waals surface area contributed by atoms with E-state index in [0.29, 0.717) is 38.5 Å². The van der Waals surface area contributed by atoms with Crippen molar-refractivity contribution in [1.29, 1.82) is 0 Å². The van der Waals surface area contributed by atoms with Gasteiger partial charge < -0.3 is 18.9 Å². The molecule has 0 bridgehead atoms. The number of rotatable bonds is 7. The lowest BCUT2D eigenvalue weighted by molar-refractivity contribution is 0.0525. The molecular weight excluding hydrogens is 442 g/mol. The average molecular weight is 466 g/mol. The Bertz CT molecular complexity index is 899. The van der Waals surface area contributed by atoms with Crippen molar-refractivity contribution in [2.75, 3.05) is 27.4 Å². The van der Waals surface area contributed by atoms with Crippen molar-refractivity contribution in [3.63, 3.8) is 0 Å². The molecule has 0 aliphatic carbocycles. The summed E-state index contributed by atoms with van der Waals surface area (Å²) in [5.74, 6) is -0.198. The van der Waals surface area contributed by atoms with Crippen LogP contribution < -0.4 is 9.47 Å². The zero-order valence-corrected chi connectivity index (χ0v) is 18.9. The number of hydrogen-bond acceptors (Lipinski definition) is 7. The molecule has 1 aromatic heterocycles. The Balaban J connectivity index is 2.95. The van der Waals surface area contributed by atoms with Crippen molar-refractivity contribution in [3.8, 4) is 22.6 Å². The molecule has 1 heterocycles. The molecule has 0 amide bonds. The topological polar surface area (TPSA) is 84.0 Å². The highest BCUT2D eigenvalue weighted by Gasteiger charge is 2.29. The van der Waals surface area contributed by atoms with E-state index in [-0.39, 0.29) is 24.3 Å². The average Bonchev–Trinajstić information content (AvgIpc) is 2.66. The van der Waals surface area contributed by atoms with E-state index in [4.69, 9.17) is 18.9 Å². The Morgan fingerprint density at radius 1 is 0.931 bits per heavy atom. The molecule has 1 aromatic carbocycles. The minimum Gasteiger partial charge on any atom is -0.493 e. The summed E-state index contributed by atoms with van der Waals surface area (Å²) in [5.41, 5.74) is 2.27. The molecule has 2 aromatic rings. The SMILES string of the molecule is CCOC(=O)c1c(C)nc(C)c(C(=O)OCC)c1-c1cc(Br)c(OC)c(OC)c1. The predicted octanol–water partition coefficient (Wildman–Crippen LogP) is 4.50. The summed E-state index contributed by atoms with van der Waals surface area (Å²) in [6.07, 6.45) is 0. The van der Waals surface area contributed by atoms with E-state index in [2.05, 4.69) is 20.9 Å². The second-order valence-electron chi connectivity index (χ2n) is 6.04. The van der Waals surface area contributed by atoms with Crippen molar-refractivity contribution in [3.05, 3.63) is 39.1 Å². The van der Waals surface area contributed by atoms with E-state index in [0.717, 1.165) is 0 Å². The minimum atomic E-state index is -0.566. The van der Waals surface area contributed by atoms with Gasteiger partial charge in [0.2, 0.25) is 0 Å². The van der Waals surface area contributed by atoms with Gasteiger partial charge in [-0.1, -0.05) is 0 Å². The summed E-state index contributed by atoms with van der Waals surface area (Å²) in [5, 5.41) is 0. The smallest absolute Gasteiger partial charge is 0.340 e. The first kappa shape index (κ1) is 22.7. The minimum absolute atomic E-state index is 0.190. The van der Waals surface area contributed by atoms with Gasteiger partial charge in [-0.25, -0.2) is 9.59 Å². The molecule has 0 unspecified atom stereocenters. The summed E-state index contributed by atoms with van der Waals surface area (Å²) < 4.78 is 21.9. The number of ether oxygens (including phenoxy) is 4. The van der Waals surface area contributed by atoms with Gasteiger partial charge in [-0.3, -0.25) is 4.98 Å². The summed E-state index contributed by atoms with van der Waals surface area (Å²) in [4.78, 5) is 30.0. The zero-order chi connectivity index (χ0) is 21.7. The standard InChI is InChI=1S/C21H24BrNO6/c1-7-28-20(24)16-11(3)23-12(4)17(21(25)29-8-2)18(16)13-9-14(22)19(27-6)15(10-13)26-5/h9-10H,7-8H2,1-6H3. The highest BCUT2D eigenvalue weighted by atomic mass is 79.9. The number of methoxy groups -OCH3 is 2. The summed E-state index contributed by atoms with van der Waals surface area (Å²) >= 11 is 3.47. The van der Waals surface area contributed by atoms with Crippen LogP contribution in [0.4, 0.5) is 0 Å². The van der Waals surface area contributed by atoms with Crippen molar-refractivity contribution >= 4 is 27.9 Å². The fraction of sp³-hybridized carbons (Fsp3) is 0.381. The van der Waals surface area contributed by atoms with Gasteiger partial charge in [0.1, 0.15) is 0 Å². The van der Waals surface area contributed by atoms with E-state index in [1.807, 2.05) is 0 Å². The molecule has 0 saturated heterocycles. The molecular formula is C21H24BrNO6. The van der Waals surface area contributed by atoms with Crippen LogP contribution in [-0.2, 0) is 9.47 Å². The summed E-state index contributed by atoms with van der Waals surface area (Å²) in [6.45, 7) is 7.22. The molecule has 0 N–H and O–H groups in total. The molecule has 0 atom stereocenters. The number of aryl methyl sites for hydroxylation is 2. The molecule has 0 aliphatic rings. The number of benzene rings is 1. The Morgan fingerprint density at radius 3 is 1.86 bits per heavy atom. The Morgan fingerprint density at radius 2 is 1.45 bits per heavy atom. The quantitative estimate of drug-likeness (QED) is 0.556. The van der Waals surface area contributed by atoms with E-state index in [9.17, 15) is 9.59 Å². The normalized spacial score (nSPS) is 10.4. The van der Waals surface area contributed by atoms with Gasteiger partial charge in [-0.2, -0.15) is 0 Å². The number of esters is 2. The maximum atomic E-state index is 12.8. The van der Waals surface area contributed by atoms with Crippen LogP contribution in [-0.4, -0.2) is 44.4 Å². The number of aromatic nitrogens is 1. The fourth-order valence-corrected chi connectivity index (χ4v) is 3.71. The van der Waals surface area contributed by atoms with Crippen LogP contribution in [0.2, 0.25) is 0 Å². The second-order valence-corrected chi connectivity index (χ2v) is 6.90. The van der Waals surface area contributed by atoms with Crippen molar-refractivity contribution in [2.24, 2.45) is 0 Å². The zero-order valence-electron chi connectivity index (χ0n) is 17.3. The van der Waals surface area contributed by atoms with Crippen LogP contribution in [0.1, 0.15) is 46.0 Å². The van der Waals surface area contributed by atoms with Crippen LogP contribution in [0.3, 0.4) is 0 Å². The van der Waals surface area contributed by atoms with Gasteiger partial charge in [-0.15, -0.1) is 0 Å². The number of carbonyl (C=O) groups is 2. The molecule has 29 heavy (non-hydrogen) atoms. The maximum absolute atomic E-state index is 12.8. The third kappa shape index (κ3) is 4.53. The molecule has 156 valence electrons. The van der Waals surface area contributed by atoms with Crippen molar-refractivity contribution in [1.82, 2.24) is 4.98 Å². The Labute approximate surface area is 178 Å². The van der Waals surface area contributed by atoms with Gasteiger partial charge in [0.05, 0.1) is 54.4 Å². The van der Waals surface area contributed by atoms with Crippen molar-refractivity contribution in [2.45, 2.75) is 27.7 Å². The van der Waals surface area contributed by atoms with E-state index >= 15 is 0 Å².